The van der Waals surface area contributed by atoms with Crippen LogP contribution in [-0.2, 0) is 9.59 Å². The Hall–Kier alpha value is -3.75. The molecule has 0 radical (unpaired) electrons. The van der Waals surface area contributed by atoms with Crippen LogP contribution in [0.4, 0.5) is 0 Å². The minimum Gasteiger partial charge on any atom is -0.480 e. The minimum absolute atomic E-state index is 0.00525. The van der Waals surface area contributed by atoms with Gasteiger partial charge in [0.15, 0.2) is 17.3 Å². The first-order valence-electron chi connectivity index (χ1n) is 7.94. The number of ether oxygens (including phenoxy) is 2. The summed E-state index contributed by atoms with van der Waals surface area (Å²) in [6, 6.07) is 6.79. The number of fused-ring (bicyclic) bond motifs is 1. The zero-order valence-electron chi connectivity index (χ0n) is 14.2. The highest BCUT2D eigenvalue weighted by molar-refractivity contribution is 6.05. The van der Waals surface area contributed by atoms with Crippen molar-refractivity contribution in [3.8, 4) is 11.5 Å². The molecule has 0 bridgehead atoms. The third-order valence-corrected chi connectivity index (χ3v) is 3.66. The van der Waals surface area contributed by atoms with Crippen molar-refractivity contribution in [2.24, 2.45) is 0 Å². The number of benzene rings is 1. The Kier molecular flexibility index (Phi) is 5.11. The molecule has 3 rings (SSSR count). The number of carbonyl (C=O) groups excluding carboxylic acids is 2. The van der Waals surface area contributed by atoms with Crippen LogP contribution < -0.4 is 20.1 Å². The Bertz CT molecular complexity index is 902. The van der Waals surface area contributed by atoms with E-state index >= 15 is 0 Å². The van der Waals surface area contributed by atoms with Gasteiger partial charge in [-0.15, -0.1) is 0 Å². The van der Waals surface area contributed by atoms with Crippen molar-refractivity contribution in [1.29, 1.82) is 0 Å². The maximum absolute atomic E-state index is 12.5. The summed E-state index contributed by atoms with van der Waals surface area (Å²) in [5, 5.41) is 13.7. The number of amides is 2. The normalized spacial score (nSPS) is 13.7. The van der Waals surface area contributed by atoms with Crippen molar-refractivity contribution in [1.82, 2.24) is 10.6 Å². The van der Waals surface area contributed by atoms with E-state index in [4.69, 9.17) is 19.0 Å². The van der Waals surface area contributed by atoms with Gasteiger partial charge in [0.2, 0.25) is 6.79 Å². The molecular weight excluding hydrogens is 356 g/mol. The van der Waals surface area contributed by atoms with Crippen molar-refractivity contribution >= 4 is 23.9 Å². The molecular formula is C18H16N2O7. The smallest absolute Gasteiger partial charge is 0.325 e. The molecule has 0 aliphatic carbocycles. The number of nitrogens with one attached hydrogen (secondary N) is 2. The second-order valence-electron chi connectivity index (χ2n) is 5.64. The molecule has 9 nitrogen and oxygen atoms in total. The predicted molar refractivity (Wildman–Crippen MR) is 92.0 cm³/mol. The van der Waals surface area contributed by atoms with E-state index < -0.39 is 23.8 Å². The van der Waals surface area contributed by atoms with Crippen molar-refractivity contribution in [3.05, 3.63) is 53.6 Å². The van der Waals surface area contributed by atoms with Crippen LogP contribution in [0.5, 0.6) is 11.5 Å². The molecule has 0 fully saturated rings. The van der Waals surface area contributed by atoms with Gasteiger partial charge in [0.25, 0.3) is 11.8 Å². The fraction of sp³-hybridized carbons (Fsp3) is 0.167. The molecule has 2 aromatic rings. The van der Waals surface area contributed by atoms with E-state index in [1.165, 1.54) is 31.4 Å². The zero-order valence-corrected chi connectivity index (χ0v) is 14.2. The molecule has 0 saturated heterocycles. The number of furan rings is 1. The summed E-state index contributed by atoms with van der Waals surface area (Å²) in [4.78, 5) is 35.7. The number of carbonyl (C=O) groups is 3. The fourth-order valence-corrected chi connectivity index (χ4v) is 2.26. The highest BCUT2D eigenvalue weighted by Crippen LogP contribution is 2.33. The van der Waals surface area contributed by atoms with Gasteiger partial charge in [-0.05, 0) is 42.8 Å². The van der Waals surface area contributed by atoms with Gasteiger partial charge in [-0.1, -0.05) is 6.07 Å². The van der Waals surface area contributed by atoms with Gasteiger partial charge < -0.3 is 29.6 Å². The van der Waals surface area contributed by atoms with Gasteiger partial charge >= 0.3 is 5.97 Å². The van der Waals surface area contributed by atoms with Crippen molar-refractivity contribution in [2.45, 2.75) is 13.0 Å². The molecule has 140 valence electrons. The number of hydrogen-bond acceptors (Lipinski definition) is 6. The lowest BCUT2D eigenvalue weighted by Gasteiger charge is -2.13. The van der Waals surface area contributed by atoms with Gasteiger partial charge in [-0.3, -0.25) is 14.4 Å². The molecule has 1 aromatic carbocycles. The molecule has 1 aliphatic heterocycles. The van der Waals surface area contributed by atoms with Crippen LogP contribution in [0.15, 0.2) is 46.7 Å². The molecule has 27 heavy (non-hydrogen) atoms. The molecule has 2 amide bonds. The summed E-state index contributed by atoms with van der Waals surface area (Å²) in [7, 11) is 0. The first-order valence-corrected chi connectivity index (χ1v) is 7.94. The average Bonchev–Trinajstić information content (AvgIpc) is 3.32. The lowest BCUT2D eigenvalue weighted by Crippen LogP contribution is -2.42. The lowest BCUT2D eigenvalue weighted by atomic mass is 10.1. The van der Waals surface area contributed by atoms with E-state index in [2.05, 4.69) is 10.6 Å². The van der Waals surface area contributed by atoms with Gasteiger partial charge in [-0.2, -0.15) is 0 Å². The molecule has 1 aromatic heterocycles. The van der Waals surface area contributed by atoms with Crippen molar-refractivity contribution in [2.75, 3.05) is 6.79 Å². The molecule has 0 spiro atoms. The second kappa shape index (κ2) is 7.65. The number of carboxylic acids is 1. The van der Waals surface area contributed by atoms with E-state index in [9.17, 15) is 14.4 Å². The fourth-order valence-electron chi connectivity index (χ4n) is 2.26. The number of rotatable bonds is 6. The second-order valence-corrected chi connectivity index (χ2v) is 5.64. The third kappa shape index (κ3) is 4.27. The van der Waals surface area contributed by atoms with Crippen molar-refractivity contribution in [3.63, 3.8) is 0 Å². The molecule has 0 saturated carbocycles. The summed E-state index contributed by atoms with van der Waals surface area (Å²) in [5.41, 5.74) is 0.399. The van der Waals surface area contributed by atoms with E-state index in [0.29, 0.717) is 17.1 Å². The lowest BCUT2D eigenvalue weighted by molar-refractivity contribution is -0.140. The van der Waals surface area contributed by atoms with Crippen LogP contribution in [0.25, 0.3) is 6.08 Å². The maximum Gasteiger partial charge on any atom is 0.325 e. The monoisotopic (exact) mass is 372 g/mol. The van der Waals surface area contributed by atoms with Gasteiger partial charge in [0.05, 0.1) is 6.26 Å². The molecule has 3 N–H and O–H groups in total. The topological polar surface area (TPSA) is 127 Å². The van der Waals surface area contributed by atoms with Crippen LogP contribution in [0.1, 0.15) is 23.0 Å². The van der Waals surface area contributed by atoms with E-state index in [-0.39, 0.29) is 18.3 Å². The Morgan fingerprint density at radius 2 is 1.96 bits per heavy atom. The maximum atomic E-state index is 12.5. The SMILES string of the molecule is C[C@H](NC(=O)/C(=C\c1ccc2c(c1)OCO2)NC(=O)c1ccco1)C(=O)O. The zero-order chi connectivity index (χ0) is 19.4. The van der Waals surface area contributed by atoms with E-state index in [1.54, 1.807) is 18.2 Å². The van der Waals surface area contributed by atoms with Crippen LogP contribution in [0.2, 0.25) is 0 Å². The quantitative estimate of drug-likeness (QED) is 0.654. The highest BCUT2D eigenvalue weighted by Gasteiger charge is 2.21. The summed E-state index contributed by atoms with van der Waals surface area (Å²) in [5.74, 6) is -1.54. The third-order valence-electron chi connectivity index (χ3n) is 3.66. The minimum atomic E-state index is -1.21. The van der Waals surface area contributed by atoms with Gasteiger partial charge in [0, 0.05) is 0 Å². The highest BCUT2D eigenvalue weighted by atomic mass is 16.7. The van der Waals surface area contributed by atoms with Crippen LogP contribution in [0, 0.1) is 0 Å². The Balaban J connectivity index is 1.87. The molecule has 1 aliphatic rings. The first kappa shape index (κ1) is 18.1. The molecule has 1 atom stereocenters. The van der Waals surface area contributed by atoms with Gasteiger partial charge in [0.1, 0.15) is 11.7 Å². The Morgan fingerprint density at radius 1 is 1.19 bits per heavy atom. The standard InChI is InChI=1S/C18H16N2O7/c1-10(18(23)24)19-16(21)12(20-17(22)14-3-2-6-25-14)7-11-4-5-13-15(8-11)27-9-26-13/h2-8,10H,9H2,1H3,(H,19,21)(H,20,22)(H,23,24)/b12-7+/t10-/m0/s1. The summed E-state index contributed by atoms with van der Waals surface area (Å²) in [6.07, 6.45) is 2.72. The molecule has 2 heterocycles. The van der Waals surface area contributed by atoms with Crippen LogP contribution in [-0.4, -0.2) is 35.7 Å². The Labute approximate surface area is 153 Å². The van der Waals surface area contributed by atoms with E-state index in [1.807, 2.05) is 0 Å². The number of carboxylic acid groups (broad SMARTS) is 1. The van der Waals surface area contributed by atoms with Gasteiger partial charge in [-0.25, -0.2) is 0 Å². The summed E-state index contributed by atoms with van der Waals surface area (Å²) in [6.45, 7) is 1.41. The number of aliphatic carboxylic acids is 1. The number of hydrogen-bond donors (Lipinski definition) is 3. The van der Waals surface area contributed by atoms with Crippen LogP contribution >= 0.6 is 0 Å². The average molecular weight is 372 g/mol. The summed E-state index contributed by atoms with van der Waals surface area (Å²) >= 11 is 0. The first-order chi connectivity index (χ1) is 12.9. The Morgan fingerprint density at radius 3 is 2.67 bits per heavy atom. The predicted octanol–water partition coefficient (Wildman–Crippen LogP) is 1.37. The van der Waals surface area contributed by atoms with Crippen molar-refractivity contribution < 1.29 is 33.4 Å². The molecule has 9 heteroatoms. The summed E-state index contributed by atoms with van der Waals surface area (Å²) < 4.78 is 15.5. The largest absolute Gasteiger partial charge is 0.480 e. The van der Waals surface area contributed by atoms with E-state index in [0.717, 1.165) is 0 Å². The van der Waals surface area contributed by atoms with Crippen LogP contribution in [0.3, 0.4) is 0 Å². The molecule has 0 unspecified atom stereocenters.